The van der Waals surface area contributed by atoms with Gasteiger partial charge in [0.25, 0.3) is 0 Å². The lowest BCUT2D eigenvalue weighted by Crippen LogP contribution is -2.04. The molecule has 1 aromatic heterocycles. The van der Waals surface area contributed by atoms with Crippen LogP contribution in [0.25, 0.3) is 0 Å². The van der Waals surface area contributed by atoms with Crippen molar-refractivity contribution in [2.75, 3.05) is 6.61 Å². The highest BCUT2D eigenvalue weighted by Gasteiger charge is 2.35. The molecule has 0 unspecified atom stereocenters. The maximum absolute atomic E-state index is 11.9. The monoisotopic (exact) mass is 181 g/mol. The summed E-state index contributed by atoms with van der Waals surface area (Å²) in [6.07, 6.45) is -4.47. The molecule has 0 amide bonds. The molecule has 6 heteroatoms. The Labute approximate surface area is 66.1 Å². The van der Waals surface area contributed by atoms with Crippen LogP contribution in [0.5, 0.6) is 5.95 Å². The van der Waals surface area contributed by atoms with Gasteiger partial charge < -0.3 is 9.26 Å². The Balaban J connectivity index is 2.77. The van der Waals surface area contributed by atoms with Crippen molar-refractivity contribution < 1.29 is 22.4 Å². The third-order valence-electron chi connectivity index (χ3n) is 1.07. The van der Waals surface area contributed by atoms with Crippen molar-refractivity contribution in [3.63, 3.8) is 0 Å². The zero-order valence-electron chi connectivity index (χ0n) is 6.18. The van der Waals surface area contributed by atoms with Gasteiger partial charge in [-0.1, -0.05) is 5.16 Å². The first-order valence-electron chi connectivity index (χ1n) is 3.20. The zero-order chi connectivity index (χ0) is 9.19. The normalized spacial score (nSPS) is 11.7. The van der Waals surface area contributed by atoms with Gasteiger partial charge in [0.05, 0.1) is 12.7 Å². The average molecular weight is 181 g/mol. The second-order valence-electron chi connectivity index (χ2n) is 1.96. The molecule has 0 N–H and O–H groups in total. The number of aromatic nitrogens is 1. The highest BCUT2D eigenvalue weighted by Crippen LogP contribution is 2.30. The minimum absolute atomic E-state index is 0.218. The van der Waals surface area contributed by atoms with Gasteiger partial charge in [0.1, 0.15) is 0 Å². The lowest BCUT2D eigenvalue weighted by atomic mass is 10.4. The van der Waals surface area contributed by atoms with E-state index in [0.717, 1.165) is 0 Å². The largest absolute Gasteiger partial charge is 0.464 e. The van der Waals surface area contributed by atoms with E-state index in [1.54, 1.807) is 6.92 Å². The summed E-state index contributed by atoms with van der Waals surface area (Å²) in [7, 11) is 0. The van der Waals surface area contributed by atoms with Gasteiger partial charge in [0.2, 0.25) is 0 Å². The number of nitrogens with zero attached hydrogens (tertiary/aromatic N) is 1. The predicted octanol–water partition coefficient (Wildman–Crippen LogP) is 2.09. The molecule has 3 nitrogen and oxygen atoms in total. The van der Waals surface area contributed by atoms with Crippen LogP contribution in [-0.4, -0.2) is 11.8 Å². The fourth-order valence-electron chi connectivity index (χ4n) is 0.602. The molecule has 0 aliphatic carbocycles. The van der Waals surface area contributed by atoms with Gasteiger partial charge in [-0.2, -0.15) is 13.2 Å². The molecule has 1 rings (SSSR count). The van der Waals surface area contributed by atoms with Crippen molar-refractivity contribution in [3.8, 4) is 5.95 Å². The van der Waals surface area contributed by atoms with E-state index in [9.17, 15) is 13.2 Å². The van der Waals surface area contributed by atoms with Crippen LogP contribution < -0.4 is 4.74 Å². The summed E-state index contributed by atoms with van der Waals surface area (Å²) >= 11 is 0. The molecule has 0 saturated carbocycles. The van der Waals surface area contributed by atoms with E-state index in [1.165, 1.54) is 0 Å². The quantitative estimate of drug-likeness (QED) is 0.700. The molecule has 0 fully saturated rings. The van der Waals surface area contributed by atoms with E-state index in [1.807, 2.05) is 0 Å². The van der Waals surface area contributed by atoms with Crippen molar-refractivity contribution in [3.05, 3.63) is 11.8 Å². The summed E-state index contributed by atoms with van der Waals surface area (Å²) in [4.78, 5) is 0. The van der Waals surface area contributed by atoms with Gasteiger partial charge in [0.15, 0.2) is 5.69 Å². The van der Waals surface area contributed by atoms with E-state index in [0.29, 0.717) is 6.07 Å². The minimum Gasteiger partial charge on any atom is -0.464 e. The molecule has 0 bridgehead atoms. The van der Waals surface area contributed by atoms with Crippen LogP contribution in [0.15, 0.2) is 10.6 Å². The molecule has 0 aliphatic rings. The number of alkyl halides is 3. The number of halogens is 3. The Morgan fingerprint density at radius 3 is 2.67 bits per heavy atom. The van der Waals surface area contributed by atoms with Gasteiger partial charge in [0, 0.05) is 0 Å². The van der Waals surface area contributed by atoms with E-state index >= 15 is 0 Å². The predicted molar refractivity (Wildman–Crippen MR) is 32.7 cm³/mol. The molecular weight excluding hydrogens is 175 g/mol. The Morgan fingerprint density at radius 1 is 1.58 bits per heavy atom. The first-order valence-corrected chi connectivity index (χ1v) is 3.20. The van der Waals surface area contributed by atoms with Gasteiger partial charge >= 0.3 is 12.1 Å². The van der Waals surface area contributed by atoms with Crippen LogP contribution in [0.1, 0.15) is 12.6 Å². The molecular formula is C6H6F3NO2. The first-order chi connectivity index (χ1) is 5.54. The average Bonchev–Trinajstić information content (AvgIpc) is 2.35. The molecule has 0 aliphatic heterocycles. The Hall–Kier alpha value is -1.20. The maximum Gasteiger partial charge on any atom is 0.436 e. The molecule has 1 aromatic rings. The molecule has 0 spiro atoms. The van der Waals surface area contributed by atoms with E-state index < -0.39 is 11.9 Å². The highest BCUT2D eigenvalue weighted by atomic mass is 19.4. The van der Waals surface area contributed by atoms with Crippen molar-refractivity contribution in [1.82, 2.24) is 5.16 Å². The van der Waals surface area contributed by atoms with Crippen molar-refractivity contribution in [2.45, 2.75) is 13.1 Å². The van der Waals surface area contributed by atoms with Crippen LogP contribution in [-0.2, 0) is 6.18 Å². The summed E-state index contributed by atoms with van der Waals surface area (Å²) in [5.74, 6) is -0.218. The second kappa shape index (κ2) is 3.04. The number of ether oxygens (including phenoxy) is 1. The zero-order valence-corrected chi connectivity index (χ0v) is 6.18. The lowest BCUT2D eigenvalue weighted by molar-refractivity contribution is -0.142. The van der Waals surface area contributed by atoms with Gasteiger partial charge in [-0.05, 0) is 6.92 Å². The second-order valence-corrected chi connectivity index (χ2v) is 1.96. The van der Waals surface area contributed by atoms with Crippen molar-refractivity contribution >= 4 is 0 Å². The van der Waals surface area contributed by atoms with E-state index in [-0.39, 0.29) is 12.6 Å². The summed E-state index contributed by atoms with van der Waals surface area (Å²) < 4.78 is 44.5. The highest BCUT2D eigenvalue weighted by molar-refractivity contribution is 5.12. The summed E-state index contributed by atoms with van der Waals surface area (Å²) in [6.45, 7) is 1.88. The third kappa shape index (κ3) is 1.90. The van der Waals surface area contributed by atoms with Crippen LogP contribution in [0.2, 0.25) is 0 Å². The molecule has 0 saturated heterocycles. The SMILES string of the molecule is CCOc1cc(C(F)(F)F)no1. The fourth-order valence-corrected chi connectivity index (χ4v) is 0.602. The number of rotatable bonds is 2. The first kappa shape index (κ1) is 8.89. The number of hydrogen-bond donors (Lipinski definition) is 0. The standard InChI is InChI=1S/C6H6F3NO2/c1-2-11-5-3-4(10-12-5)6(7,8)9/h3H,2H2,1H3. The summed E-state index contributed by atoms with van der Waals surface area (Å²) in [5, 5.41) is 2.78. The smallest absolute Gasteiger partial charge is 0.436 e. The van der Waals surface area contributed by atoms with Gasteiger partial charge in [-0.15, -0.1) is 0 Å². The Bertz CT molecular complexity index is 256. The Morgan fingerprint density at radius 2 is 2.25 bits per heavy atom. The molecule has 0 aromatic carbocycles. The molecule has 0 radical (unpaired) electrons. The van der Waals surface area contributed by atoms with E-state index in [4.69, 9.17) is 0 Å². The van der Waals surface area contributed by atoms with Crippen LogP contribution in [0, 0.1) is 0 Å². The minimum atomic E-state index is -4.47. The van der Waals surface area contributed by atoms with Gasteiger partial charge in [-0.25, -0.2) is 0 Å². The van der Waals surface area contributed by atoms with Crippen LogP contribution >= 0.6 is 0 Å². The molecule has 68 valence electrons. The topological polar surface area (TPSA) is 35.3 Å². The van der Waals surface area contributed by atoms with Crippen LogP contribution in [0.3, 0.4) is 0 Å². The maximum atomic E-state index is 11.9. The Kier molecular flexibility index (Phi) is 2.25. The van der Waals surface area contributed by atoms with Crippen molar-refractivity contribution in [1.29, 1.82) is 0 Å². The molecule has 0 atom stereocenters. The lowest BCUT2D eigenvalue weighted by Gasteiger charge is -1.97. The van der Waals surface area contributed by atoms with Gasteiger partial charge in [-0.3, -0.25) is 0 Å². The molecule has 1 heterocycles. The fraction of sp³-hybridized carbons (Fsp3) is 0.500. The summed E-state index contributed by atoms with van der Waals surface area (Å²) in [5.41, 5.74) is -1.08. The number of hydrogen-bond acceptors (Lipinski definition) is 3. The van der Waals surface area contributed by atoms with E-state index in [2.05, 4.69) is 14.4 Å². The van der Waals surface area contributed by atoms with Crippen LogP contribution in [0.4, 0.5) is 13.2 Å². The molecule has 12 heavy (non-hydrogen) atoms. The summed E-state index contributed by atoms with van der Waals surface area (Å²) in [6, 6.07) is 0.712. The third-order valence-corrected chi connectivity index (χ3v) is 1.07. The van der Waals surface area contributed by atoms with Crippen molar-refractivity contribution in [2.24, 2.45) is 0 Å².